The SMILES string of the molecule is COc1cc(/C=C2\SC(=S)NC2=O)ccc1OC(=O)C12CC3CC(CC(C3)C1)C2. The number of rotatable bonds is 4. The number of carbonyl (C=O) groups is 2. The highest BCUT2D eigenvalue weighted by atomic mass is 32.2. The van der Waals surface area contributed by atoms with Gasteiger partial charge in [-0.15, -0.1) is 0 Å². The first-order valence-corrected chi connectivity index (χ1v) is 11.3. The van der Waals surface area contributed by atoms with E-state index in [-0.39, 0.29) is 17.3 Å². The molecule has 0 atom stereocenters. The predicted molar refractivity (Wildman–Crippen MR) is 116 cm³/mol. The summed E-state index contributed by atoms with van der Waals surface area (Å²) in [7, 11) is 1.56. The van der Waals surface area contributed by atoms with Crippen LogP contribution in [-0.2, 0) is 9.59 Å². The van der Waals surface area contributed by atoms with Crippen molar-refractivity contribution in [1.82, 2.24) is 5.32 Å². The molecule has 0 unspecified atom stereocenters. The standard InChI is InChI=1S/C22H23NO4S2/c1-26-17-7-12(8-18-19(24)23-21(28)29-18)2-3-16(17)27-20(25)22-9-13-4-14(10-22)6-15(5-13)11-22/h2-3,7-8,13-15H,4-6,9-11H2,1H3,(H,23,24,28)/b18-8-. The van der Waals surface area contributed by atoms with E-state index in [0.717, 1.165) is 24.8 Å². The fourth-order valence-electron chi connectivity index (χ4n) is 6.00. The van der Waals surface area contributed by atoms with Crippen molar-refractivity contribution in [2.75, 3.05) is 7.11 Å². The molecule has 152 valence electrons. The van der Waals surface area contributed by atoms with Crippen LogP contribution < -0.4 is 14.8 Å². The lowest BCUT2D eigenvalue weighted by molar-refractivity contribution is -0.161. The number of esters is 1. The van der Waals surface area contributed by atoms with Crippen LogP contribution in [0.3, 0.4) is 0 Å². The average Bonchev–Trinajstić information content (AvgIpc) is 2.98. The molecule has 1 aromatic carbocycles. The summed E-state index contributed by atoms with van der Waals surface area (Å²) in [5.41, 5.74) is 0.480. The Balaban J connectivity index is 1.36. The van der Waals surface area contributed by atoms with Crippen molar-refractivity contribution >= 4 is 46.3 Å². The van der Waals surface area contributed by atoms with Gasteiger partial charge in [-0.2, -0.15) is 0 Å². The van der Waals surface area contributed by atoms with Gasteiger partial charge in [-0.1, -0.05) is 30.0 Å². The first-order chi connectivity index (χ1) is 13.9. The first kappa shape index (κ1) is 19.1. The average molecular weight is 430 g/mol. The molecule has 29 heavy (non-hydrogen) atoms. The van der Waals surface area contributed by atoms with Crippen molar-refractivity contribution in [3.63, 3.8) is 0 Å². The molecule has 0 radical (unpaired) electrons. The summed E-state index contributed by atoms with van der Waals surface area (Å²) in [4.78, 5) is 25.6. The molecule has 4 aliphatic carbocycles. The quantitative estimate of drug-likeness (QED) is 0.333. The van der Waals surface area contributed by atoms with Gasteiger partial charge in [0.15, 0.2) is 11.5 Å². The van der Waals surface area contributed by atoms with Crippen molar-refractivity contribution in [2.24, 2.45) is 23.2 Å². The Kier molecular flexibility index (Phi) is 4.70. The van der Waals surface area contributed by atoms with E-state index in [1.54, 1.807) is 25.3 Å². The lowest BCUT2D eigenvalue weighted by atomic mass is 9.49. The van der Waals surface area contributed by atoms with Crippen LogP contribution in [-0.4, -0.2) is 23.3 Å². The third kappa shape index (κ3) is 3.48. The van der Waals surface area contributed by atoms with Crippen LogP contribution in [0.1, 0.15) is 44.1 Å². The van der Waals surface area contributed by atoms with Gasteiger partial charge in [0.2, 0.25) is 0 Å². The first-order valence-electron chi connectivity index (χ1n) is 10.1. The molecule has 5 fully saturated rings. The Labute approximate surface area is 179 Å². The van der Waals surface area contributed by atoms with Crippen LogP contribution in [0.4, 0.5) is 0 Å². The Bertz CT molecular complexity index is 903. The molecule has 1 saturated heterocycles. The fraction of sp³-hybridized carbons (Fsp3) is 0.500. The number of nitrogens with one attached hydrogen (secondary N) is 1. The number of ether oxygens (including phenoxy) is 2. The summed E-state index contributed by atoms with van der Waals surface area (Å²) in [6.07, 6.45) is 8.52. The van der Waals surface area contributed by atoms with Crippen LogP contribution in [0, 0.1) is 23.2 Å². The molecular formula is C22H23NO4S2. The molecule has 1 aliphatic heterocycles. The number of methoxy groups -OCH3 is 1. The van der Waals surface area contributed by atoms with Crippen LogP contribution in [0.25, 0.3) is 6.08 Å². The van der Waals surface area contributed by atoms with Crippen LogP contribution in [0.15, 0.2) is 23.1 Å². The minimum Gasteiger partial charge on any atom is -0.493 e. The maximum atomic E-state index is 13.2. The third-order valence-corrected chi connectivity index (χ3v) is 7.96. The zero-order valence-electron chi connectivity index (χ0n) is 16.2. The number of thiocarbonyl (C=S) groups is 1. The van der Waals surface area contributed by atoms with Gasteiger partial charge in [0.1, 0.15) is 4.32 Å². The second-order valence-corrected chi connectivity index (χ2v) is 10.6. The van der Waals surface area contributed by atoms with Gasteiger partial charge in [-0.3, -0.25) is 9.59 Å². The van der Waals surface area contributed by atoms with E-state index in [1.807, 2.05) is 6.07 Å². The number of thioether (sulfide) groups is 1. The van der Waals surface area contributed by atoms with E-state index < -0.39 is 0 Å². The molecule has 7 heteroatoms. The van der Waals surface area contributed by atoms with E-state index in [2.05, 4.69) is 5.32 Å². The molecule has 1 amide bonds. The van der Waals surface area contributed by atoms with E-state index >= 15 is 0 Å². The second kappa shape index (κ2) is 7.13. The van der Waals surface area contributed by atoms with Crippen LogP contribution >= 0.6 is 24.0 Å². The monoisotopic (exact) mass is 429 g/mol. The van der Waals surface area contributed by atoms with Gasteiger partial charge in [-0.25, -0.2) is 0 Å². The second-order valence-electron chi connectivity index (χ2n) is 8.85. The molecule has 1 heterocycles. The zero-order valence-corrected chi connectivity index (χ0v) is 17.9. The van der Waals surface area contributed by atoms with E-state index in [9.17, 15) is 9.59 Å². The van der Waals surface area contributed by atoms with E-state index in [4.69, 9.17) is 21.7 Å². The lowest BCUT2D eigenvalue weighted by Crippen LogP contribution is -2.51. The summed E-state index contributed by atoms with van der Waals surface area (Å²) in [6, 6.07) is 5.36. The maximum Gasteiger partial charge on any atom is 0.317 e. The molecule has 5 aliphatic rings. The number of carbonyl (C=O) groups excluding carboxylic acids is 2. The normalized spacial score (nSPS) is 33.8. The van der Waals surface area contributed by atoms with E-state index in [0.29, 0.717) is 38.5 Å². The van der Waals surface area contributed by atoms with E-state index in [1.165, 1.54) is 31.0 Å². The highest BCUT2D eigenvalue weighted by Gasteiger charge is 2.55. The van der Waals surface area contributed by atoms with Crippen molar-refractivity contribution in [3.8, 4) is 11.5 Å². The number of amides is 1. The molecular weight excluding hydrogens is 406 g/mol. The molecule has 1 aromatic rings. The van der Waals surface area contributed by atoms with Crippen molar-refractivity contribution in [3.05, 3.63) is 28.7 Å². The maximum absolute atomic E-state index is 13.2. The summed E-state index contributed by atoms with van der Waals surface area (Å²) < 4.78 is 11.8. The molecule has 0 aromatic heterocycles. The van der Waals surface area contributed by atoms with Crippen molar-refractivity contribution < 1.29 is 19.1 Å². The van der Waals surface area contributed by atoms with Crippen molar-refractivity contribution in [1.29, 1.82) is 0 Å². The number of hydrogen-bond acceptors (Lipinski definition) is 6. The minimum atomic E-state index is -0.311. The lowest BCUT2D eigenvalue weighted by Gasteiger charge is -2.55. The smallest absolute Gasteiger partial charge is 0.317 e. The Hall–Kier alpha value is -1.86. The van der Waals surface area contributed by atoms with Crippen LogP contribution in [0.5, 0.6) is 11.5 Å². The predicted octanol–water partition coefficient (Wildman–Crippen LogP) is 4.31. The van der Waals surface area contributed by atoms with Gasteiger partial charge in [0, 0.05) is 0 Å². The third-order valence-electron chi connectivity index (χ3n) is 6.80. The molecule has 4 bridgehead atoms. The summed E-state index contributed by atoms with van der Waals surface area (Å²) in [5, 5.41) is 2.60. The van der Waals surface area contributed by atoms with Crippen molar-refractivity contribution in [2.45, 2.75) is 38.5 Å². The molecule has 0 spiro atoms. The molecule has 6 rings (SSSR count). The number of benzene rings is 1. The summed E-state index contributed by atoms with van der Waals surface area (Å²) in [6.45, 7) is 0. The van der Waals surface area contributed by atoms with Gasteiger partial charge >= 0.3 is 5.97 Å². The summed E-state index contributed by atoms with van der Waals surface area (Å²) >= 11 is 6.26. The fourth-order valence-corrected chi connectivity index (χ4v) is 7.04. The summed E-state index contributed by atoms with van der Waals surface area (Å²) in [5.74, 6) is 2.69. The highest BCUT2D eigenvalue weighted by molar-refractivity contribution is 8.26. The Morgan fingerprint density at radius 1 is 1.17 bits per heavy atom. The van der Waals surface area contributed by atoms with Gasteiger partial charge < -0.3 is 14.8 Å². The molecule has 4 saturated carbocycles. The van der Waals surface area contributed by atoms with Gasteiger partial charge in [0.25, 0.3) is 5.91 Å². The topological polar surface area (TPSA) is 64.6 Å². The molecule has 5 nitrogen and oxygen atoms in total. The minimum absolute atomic E-state index is 0.0999. The van der Waals surface area contributed by atoms with Gasteiger partial charge in [-0.05, 0) is 80.1 Å². The Morgan fingerprint density at radius 3 is 2.38 bits per heavy atom. The van der Waals surface area contributed by atoms with Gasteiger partial charge in [0.05, 0.1) is 17.4 Å². The van der Waals surface area contributed by atoms with Crippen LogP contribution in [0.2, 0.25) is 0 Å². The largest absolute Gasteiger partial charge is 0.493 e. The Morgan fingerprint density at radius 2 is 1.83 bits per heavy atom. The number of hydrogen-bond donors (Lipinski definition) is 1. The highest BCUT2D eigenvalue weighted by Crippen LogP contribution is 2.60. The molecule has 1 N–H and O–H groups in total. The zero-order chi connectivity index (χ0) is 20.2.